The van der Waals surface area contributed by atoms with Gasteiger partial charge in [-0.1, -0.05) is 19.3 Å². The van der Waals surface area contributed by atoms with Crippen molar-refractivity contribution < 1.29 is 5.11 Å². The molecule has 4 nitrogen and oxygen atoms in total. The highest BCUT2D eigenvalue weighted by molar-refractivity contribution is 4.80. The molecular weight excluding hydrogens is 214 g/mol. The number of hydrogen-bond acceptors (Lipinski definition) is 3. The van der Waals surface area contributed by atoms with Crippen molar-refractivity contribution in [2.45, 2.75) is 57.2 Å². The number of aliphatic hydroxyl groups is 1. The molecule has 0 bridgehead atoms. The maximum atomic E-state index is 9.95. The number of aryl methyl sites for hydroxylation is 1. The lowest BCUT2D eigenvalue weighted by Crippen LogP contribution is -2.39. The second-order valence-electron chi connectivity index (χ2n) is 4.89. The molecule has 0 spiro atoms. The zero-order valence-electron chi connectivity index (χ0n) is 10.4. The Kier molecular flexibility index (Phi) is 5.01. The van der Waals surface area contributed by atoms with Crippen molar-refractivity contribution in [3.05, 3.63) is 18.5 Å². The summed E-state index contributed by atoms with van der Waals surface area (Å²) in [6.07, 6.45) is 10.5. The van der Waals surface area contributed by atoms with E-state index >= 15 is 0 Å². The van der Waals surface area contributed by atoms with Crippen LogP contribution in [0.5, 0.6) is 0 Å². The quantitative estimate of drug-likeness (QED) is 0.603. The van der Waals surface area contributed by atoms with Crippen molar-refractivity contribution >= 4 is 0 Å². The summed E-state index contributed by atoms with van der Waals surface area (Å²) in [6, 6.07) is 2.25. The maximum absolute atomic E-state index is 9.95. The molecular formula is C13H23N3O. The topological polar surface area (TPSA) is 50.1 Å². The first-order chi connectivity index (χ1) is 8.36. The van der Waals surface area contributed by atoms with E-state index in [0.717, 1.165) is 32.4 Å². The smallest absolute Gasteiger partial charge is 0.0693 e. The van der Waals surface area contributed by atoms with Crippen molar-refractivity contribution in [2.24, 2.45) is 0 Å². The Morgan fingerprint density at radius 2 is 2.18 bits per heavy atom. The second kappa shape index (κ2) is 6.77. The van der Waals surface area contributed by atoms with E-state index in [-0.39, 0.29) is 6.10 Å². The molecule has 17 heavy (non-hydrogen) atoms. The predicted molar refractivity (Wildman–Crippen MR) is 67.7 cm³/mol. The standard InChI is InChI=1S/C13H23N3O/c17-13-7-3-1-2-6-12(13)14-8-4-10-16-11-5-9-15-16/h5,9,11-14,17H,1-4,6-8,10H2. The molecule has 4 heteroatoms. The minimum absolute atomic E-state index is 0.151. The SMILES string of the molecule is OC1CCCCCC1NCCCn1cccn1. The zero-order chi connectivity index (χ0) is 11.9. The number of nitrogens with zero attached hydrogens (tertiary/aromatic N) is 2. The summed E-state index contributed by atoms with van der Waals surface area (Å²) in [5, 5.41) is 17.6. The van der Waals surface area contributed by atoms with Gasteiger partial charge in [0.15, 0.2) is 0 Å². The van der Waals surface area contributed by atoms with Crippen LogP contribution in [0.3, 0.4) is 0 Å². The van der Waals surface area contributed by atoms with Gasteiger partial charge in [0.1, 0.15) is 0 Å². The summed E-state index contributed by atoms with van der Waals surface area (Å²) in [5.74, 6) is 0. The van der Waals surface area contributed by atoms with Crippen LogP contribution < -0.4 is 5.32 Å². The Morgan fingerprint density at radius 3 is 3.00 bits per heavy atom. The number of aliphatic hydroxyl groups excluding tert-OH is 1. The van der Waals surface area contributed by atoms with Crippen molar-refractivity contribution in [1.82, 2.24) is 15.1 Å². The van der Waals surface area contributed by atoms with E-state index < -0.39 is 0 Å². The van der Waals surface area contributed by atoms with Gasteiger partial charge in [0.05, 0.1) is 6.10 Å². The van der Waals surface area contributed by atoms with Gasteiger partial charge < -0.3 is 10.4 Å². The highest BCUT2D eigenvalue weighted by Gasteiger charge is 2.20. The van der Waals surface area contributed by atoms with Gasteiger partial charge in [-0.05, 0) is 31.9 Å². The lowest BCUT2D eigenvalue weighted by atomic mass is 10.1. The fourth-order valence-corrected chi connectivity index (χ4v) is 2.49. The summed E-state index contributed by atoms with van der Waals surface area (Å²) < 4.78 is 1.95. The van der Waals surface area contributed by atoms with Crippen molar-refractivity contribution in [2.75, 3.05) is 6.54 Å². The number of hydrogen-bond donors (Lipinski definition) is 2. The van der Waals surface area contributed by atoms with Crippen LogP contribution in [0, 0.1) is 0 Å². The van der Waals surface area contributed by atoms with Gasteiger partial charge in [-0.25, -0.2) is 0 Å². The lowest BCUT2D eigenvalue weighted by Gasteiger charge is -2.21. The Hall–Kier alpha value is -0.870. The number of aromatic nitrogens is 2. The molecule has 2 N–H and O–H groups in total. The van der Waals surface area contributed by atoms with E-state index in [1.165, 1.54) is 19.3 Å². The maximum Gasteiger partial charge on any atom is 0.0693 e. The molecule has 0 aliphatic heterocycles. The highest BCUT2D eigenvalue weighted by atomic mass is 16.3. The van der Waals surface area contributed by atoms with Gasteiger partial charge in [0, 0.05) is 25.0 Å². The average molecular weight is 237 g/mol. The summed E-state index contributed by atoms with van der Waals surface area (Å²) in [5.41, 5.74) is 0. The van der Waals surface area contributed by atoms with Crippen LogP contribution in [0.1, 0.15) is 38.5 Å². The first-order valence-electron chi connectivity index (χ1n) is 6.75. The molecule has 2 atom stereocenters. The number of nitrogens with one attached hydrogen (secondary N) is 1. The van der Waals surface area contributed by atoms with Gasteiger partial charge in [-0.3, -0.25) is 4.68 Å². The van der Waals surface area contributed by atoms with Crippen LogP contribution in [0.4, 0.5) is 0 Å². The third-order valence-corrected chi connectivity index (χ3v) is 3.51. The lowest BCUT2D eigenvalue weighted by molar-refractivity contribution is 0.120. The third-order valence-electron chi connectivity index (χ3n) is 3.51. The zero-order valence-corrected chi connectivity index (χ0v) is 10.4. The molecule has 96 valence electrons. The molecule has 0 radical (unpaired) electrons. The van der Waals surface area contributed by atoms with Crippen molar-refractivity contribution in [3.63, 3.8) is 0 Å². The minimum atomic E-state index is -0.151. The molecule has 1 fully saturated rings. The van der Waals surface area contributed by atoms with Gasteiger partial charge >= 0.3 is 0 Å². The fraction of sp³-hybridized carbons (Fsp3) is 0.769. The third kappa shape index (κ3) is 4.13. The van der Waals surface area contributed by atoms with Crippen LogP contribution in [0.25, 0.3) is 0 Å². The molecule has 2 unspecified atom stereocenters. The fourth-order valence-electron chi connectivity index (χ4n) is 2.49. The van der Waals surface area contributed by atoms with Crippen LogP contribution in [0.2, 0.25) is 0 Å². The Balaban J connectivity index is 1.63. The van der Waals surface area contributed by atoms with E-state index in [4.69, 9.17) is 0 Å². The first kappa shape index (κ1) is 12.6. The van der Waals surface area contributed by atoms with E-state index in [2.05, 4.69) is 10.4 Å². The summed E-state index contributed by atoms with van der Waals surface area (Å²) in [7, 11) is 0. The van der Waals surface area contributed by atoms with Gasteiger partial charge in [0.25, 0.3) is 0 Å². The largest absolute Gasteiger partial charge is 0.392 e. The van der Waals surface area contributed by atoms with Crippen LogP contribution in [0.15, 0.2) is 18.5 Å². The van der Waals surface area contributed by atoms with E-state index in [1.54, 1.807) is 0 Å². The highest BCUT2D eigenvalue weighted by Crippen LogP contribution is 2.17. The molecule has 1 aliphatic carbocycles. The first-order valence-corrected chi connectivity index (χ1v) is 6.75. The number of rotatable bonds is 5. The van der Waals surface area contributed by atoms with Crippen molar-refractivity contribution in [3.8, 4) is 0 Å². The molecule has 2 rings (SSSR count). The summed E-state index contributed by atoms with van der Waals surface area (Å²) >= 11 is 0. The molecule has 0 saturated heterocycles. The molecule has 1 heterocycles. The predicted octanol–water partition coefficient (Wildman–Crippen LogP) is 1.56. The van der Waals surface area contributed by atoms with Gasteiger partial charge in [-0.15, -0.1) is 0 Å². The Morgan fingerprint density at radius 1 is 1.29 bits per heavy atom. The van der Waals surface area contributed by atoms with Crippen LogP contribution >= 0.6 is 0 Å². The second-order valence-corrected chi connectivity index (χ2v) is 4.89. The molecule has 1 aromatic rings. The molecule has 1 aromatic heterocycles. The van der Waals surface area contributed by atoms with E-state index in [9.17, 15) is 5.11 Å². The van der Waals surface area contributed by atoms with E-state index in [0.29, 0.717) is 6.04 Å². The molecule has 0 amide bonds. The van der Waals surface area contributed by atoms with Gasteiger partial charge in [0.2, 0.25) is 0 Å². The molecule has 1 aliphatic rings. The minimum Gasteiger partial charge on any atom is -0.392 e. The molecule has 1 saturated carbocycles. The van der Waals surface area contributed by atoms with Crippen LogP contribution in [-0.2, 0) is 6.54 Å². The average Bonchev–Trinajstić information content (AvgIpc) is 2.76. The summed E-state index contributed by atoms with van der Waals surface area (Å²) in [4.78, 5) is 0. The molecule has 0 aromatic carbocycles. The van der Waals surface area contributed by atoms with Gasteiger partial charge in [-0.2, -0.15) is 5.10 Å². The Bertz CT molecular complexity index is 300. The van der Waals surface area contributed by atoms with Crippen molar-refractivity contribution in [1.29, 1.82) is 0 Å². The van der Waals surface area contributed by atoms with E-state index in [1.807, 2.05) is 23.1 Å². The normalized spacial score (nSPS) is 25.7. The summed E-state index contributed by atoms with van der Waals surface area (Å²) in [6.45, 7) is 1.91. The monoisotopic (exact) mass is 237 g/mol. The Labute approximate surface area is 103 Å². The van der Waals surface area contributed by atoms with Crippen LogP contribution in [-0.4, -0.2) is 33.6 Å².